The highest BCUT2D eigenvalue weighted by Crippen LogP contribution is 2.41. The number of nitrogens with zero attached hydrogens (tertiary/aromatic N) is 3. The minimum Gasteiger partial charge on any atom is -0.372 e. The minimum atomic E-state index is -0.164. The lowest BCUT2D eigenvalue weighted by atomic mass is 9.85. The molecule has 0 saturated carbocycles. The lowest BCUT2D eigenvalue weighted by Crippen LogP contribution is -2.50. The lowest BCUT2D eigenvalue weighted by molar-refractivity contribution is -0.138. The highest BCUT2D eigenvalue weighted by Gasteiger charge is 2.45. The molecule has 2 aromatic rings. The fraction of sp³-hybridized carbons (Fsp3) is 0.556. The molecule has 0 unspecified atom stereocenters. The van der Waals surface area contributed by atoms with Crippen molar-refractivity contribution in [2.75, 3.05) is 19.7 Å². The summed E-state index contributed by atoms with van der Waals surface area (Å²) in [5, 5.41) is 8.36. The van der Waals surface area contributed by atoms with Gasteiger partial charge in [-0.05, 0) is 47.2 Å². The lowest BCUT2D eigenvalue weighted by Gasteiger charge is -2.39. The van der Waals surface area contributed by atoms with Crippen LogP contribution < -0.4 is 0 Å². The zero-order valence-electron chi connectivity index (χ0n) is 14.0. The SMILES string of the molecule is Cn1cc([C@@H]2CO[C@]3(CCCN(C(=O)Cc4ccsc4)C3)C2)cn1. The minimum absolute atomic E-state index is 0.164. The molecule has 2 fully saturated rings. The van der Waals surface area contributed by atoms with Crippen molar-refractivity contribution in [2.45, 2.75) is 37.2 Å². The molecule has 24 heavy (non-hydrogen) atoms. The first-order chi connectivity index (χ1) is 11.6. The highest BCUT2D eigenvalue weighted by atomic mass is 32.1. The Morgan fingerprint density at radius 1 is 1.54 bits per heavy atom. The Morgan fingerprint density at radius 3 is 3.21 bits per heavy atom. The second kappa shape index (κ2) is 6.33. The zero-order valence-corrected chi connectivity index (χ0v) is 14.8. The molecule has 2 saturated heterocycles. The van der Waals surface area contributed by atoms with Crippen LogP contribution in [0.1, 0.15) is 36.3 Å². The number of likely N-dealkylation sites (tertiary alicyclic amines) is 1. The monoisotopic (exact) mass is 345 g/mol. The molecule has 2 aliphatic rings. The number of ether oxygens (including phenoxy) is 1. The molecule has 2 aliphatic heterocycles. The third-order valence-corrected chi connectivity index (χ3v) is 5.97. The second-order valence-electron chi connectivity index (χ2n) is 7.07. The molecule has 128 valence electrons. The van der Waals surface area contributed by atoms with Gasteiger partial charge in [0.05, 0.1) is 24.8 Å². The number of carbonyl (C=O) groups is 1. The molecular formula is C18H23N3O2S. The molecule has 0 N–H and O–H groups in total. The fourth-order valence-electron chi connectivity index (χ4n) is 3.98. The number of aromatic nitrogens is 2. The van der Waals surface area contributed by atoms with E-state index in [2.05, 4.69) is 16.7 Å². The van der Waals surface area contributed by atoms with Gasteiger partial charge in [0.1, 0.15) is 0 Å². The van der Waals surface area contributed by atoms with Gasteiger partial charge in [-0.1, -0.05) is 0 Å². The zero-order chi connectivity index (χ0) is 16.6. The summed E-state index contributed by atoms with van der Waals surface area (Å²) in [6, 6.07) is 2.03. The topological polar surface area (TPSA) is 47.4 Å². The van der Waals surface area contributed by atoms with Crippen molar-refractivity contribution < 1.29 is 9.53 Å². The number of amides is 1. The Kier molecular flexibility index (Phi) is 4.18. The quantitative estimate of drug-likeness (QED) is 0.859. The van der Waals surface area contributed by atoms with Crippen LogP contribution in [0.25, 0.3) is 0 Å². The smallest absolute Gasteiger partial charge is 0.227 e. The number of aryl methyl sites for hydroxylation is 1. The molecule has 0 radical (unpaired) electrons. The van der Waals surface area contributed by atoms with E-state index in [-0.39, 0.29) is 11.5 Å². The molecule has 4 rings (SSSR count). The summed E-state index contributed by atoms with van der Waals surface area (Å²) < 4.78 is 8.09. The third-order valence-electron chi connectivity index (χ3n) is 5.23. The largest absolute Gasteiger partial charge is 0.372 e. The van der Waals surface area contributed by atoms with Gasteiger partial charge in [-0.25, -0.2) is 0 Å². The van der Waals surface area contributed by atoms with Gasteiger partial charge in [0.2, 0.25) is 5.91 Å². The van der Waals surface area contributed by atoms with Gasteiger partial charge >= 0.3 is 0 Å². The van der Waals surface area contributed by atoms with Crippen LogP contribution in [0, 0.1) is 0 Å². The van der Waals surface area contributed by atoms with Crippen LogP contribution in [0.5, 0.6) is 0 Å². The molecule has 0 bridgehead atoms. The van der Waals surface area contributed by atoms with E-state index in [1.165, 1.54) is 5.56 Å². The molecule has 0 aromatic carbocycles. The normalized spacial score (nSPS) is 27.0. The molecule has 0 aliphatic carbocycles. The Hall–Kier alpha value is -1.66. The molecule has 5 nitrogen and oxygen atoms in total. The van der Waals surface area contributed by atoms with Crippen LogP contribution in [0.3, 0.4) is 0 Å². The fourth-order valence-corrected chi connectivity index (χ4v) is 4.65. The van der Waals surface area contributed by atoms with Gasteiger partial charge in [-0.3, -0.25) is 9.48 Å². The molecular weight excluding hydrogens is 322 g/mol. The molecule has 4 heterocycles. The van der Waals surface area contributed by atoms with Crippen molar-refractivity contribution in [3.8, 4) is 0 Å². The van der Waals surface area contributed by atoms with E-state index in [1.54, 1.807) is 11.3 Å². The Labute approximate surface area is 146 Å². The first-order valence-electron chi connectivity index (χ1n) is 8.55. The molecule has 2 aromatic heterocycles. The summed E-state index contributed by atoms with van der Waals surface area (Å²) in [5.41, 5.74) is 2.20. The van der Waals surface area contributed by atoms with Gasteiger partial charge in [-0.2, -0.15) is 16.4 Å². The summed E-state index contributed by atoms with van der Waals surface area (Å²) >= 11 is 1.64. The van der Waals surface area contributed by atoms with Crippen LogP contribution in [0.4, 0.5) is 0 Å². The van der Waals surface area contributed by atoms with E-state index in [1.807, 2.05) is 34.3 Å². The number of piperidine rings is 1. The van der Waals surface area contributed by atoms with E-state index >= 15 is 0 Å². The first-order valence-corrected chi connectivity index (χ1v) is 9.49. The van der Waals surface area contributed by atoms with Crippen LogP contribution >= 0.6 is 11.3 Å². The van der Waals surface area contributed by atoms with Crippen LogP contribution in [-0.4, -0.2) is 45.9 Å². The van der Waals surface area contributed by atoms with Crippen molar-refractivity contribution in [2.24, 2.45) is 7.05 Å². The van der Waals surface area contributed by atoms with Gasteiger partial charge in [0.25, 0.3) is 0 Å². The van der Waals surface area contributed by atoms with Gasteiger partial charge in [-0.15, -0.1) is 0 Å². The van der Waals surface area contributed by atoms with Crippen molar-refractivity contribution >= 4 is 17.2 Å². The first kappa shape index (κ1) is 15.8. The van der Waals surface area contributed by atoms with E-state index < -0.39 is 0 Å². The average molecular weight is 345 g/mol. The maximum absolute atomic E-state index is 12.6. The number of rotatable bonds is 3. The van der Waals surface area contributed by atoms with Crippen molar-refractivity contribution in [3.05, 3.63) is 40.3 Å². The van der Waals surface area contributed by atoms with Gasteiger partial charge < -0.3 is 9.64 Å². The second-order valence-corrected chi connectivity index (χ2v) is 7.85. The summed E-state index contributed by atoms with van der Waals surface area (Å²) in [5.74, 6) is 0.617. The van der Waals surface area contributed by atoms with Crippen LogP contribution in [0.2, 0.25) is 0 Å². The Bertz CT molecular complexity index is 712. The summed E-state index contributed by atoms with van der Waals surface area (Å²) in [7, 11) is 1.94. The van der Waals surface area contributed by atoms with Gasteiger partial charge in [0, 0.05) is 32.3 Å². The molecule has 2 atom stereocenters. The third kappa shape index (κ3) is 3.13. The Morgan fingerprint density at radius 2 is 2.46 bits per heavy atom. The van der Waals surface area contributed by atoms with Gasteiger partial charge in [0.15, 0.2) is 0 Å². The predicted molar refractivity (Wildman–Crippen MR) is 93.1 cm³/mol. The van der Waals surface area contributed by atoms with E-state index in [0.717, 1.165) is 44.5 Å². The summed E-state index contributed by atoms with van der Waals surface area (Å²) in [4.78, 5) is 14.6. The number of thiophene rings is 1. The molecule has 1 spiro atoms. The van der Waals surface area contributed by atoms with Crippen LogP contribution in [0.15, 0.2) is 29.2 Å². The maximum Gasteiger partial charge on any atom is 0.227 e. The maximum atomic E-state index is 12.6. The molecule has 1 amide bonds. The number of hydrogen-bond donors (Lipinski definition) is 0. The van der Waals surface area contributed by atoms with E-state index in [0.29, 0.717) is 12.3 Å². The van der Waals surface area contributed by atoms with E-state index in [9.17, 15) is 4.79 Å². The summed E-state index contributed by atoms with van der Waals surface area (Å²) in [6.45, 7) is 2.32. The number of hydrogen-bond acceptors (Lipinski definition) is 4. The highest BCUT2D eigenvalue weighted by molar-refractivity contribution is 7.07. The standard InChI is InChI=1S/C18H23N3O2S/c1-20-10-16(9-19-20)15-8-18(23-11-15)4-2-5-21(13-18)17(22)7-14-3-6-24-12-14/h3,6,9-10,12,15H,2,4-5,7-8,11,13H2,1H3/t15-,18+/m0/s1. The van der Waals surface area contributed by atoms with Crippen molar-refractivity contribution in [1.82, 2.24) is 14.7 Å². The Balaban J connectivity index is 1.42. The predicted octanol–water partition coefficient (Wildman–Crippen LogP) is 2.59. The van der Waals surface area contributed by atoms with E-state index in [4.69, 9.17) is 4.74 Å². The molecule has 6 heteroatoms. The van der Waals surface area contributed by atoms with Crippen molar-refractivity contribution in [3.63, 3.8) is 0 Å². The number of carbonyl (C=O) groups excluding carboxylic acids is 1. The van der Waals surface area contributed by atoms with Crippen molar-refractivity contribution in [1.29, 1.82) is 0 Å². The average Bonchev–Trinajstić information content (AvgIpc) is 3.30. The summed E-state index contributed by atoms with van der Waals surface area (Å²) in [6.07, 6.45) is 7.58. The van der Waals surface area contributed by atoms with Crippen LogP contribution in [-0.2, 0) is 23.0 Å².